The molecule has 5 heteroatoms. The third kappa shape index (κ3) is 8.02. The van der Waals surface area contributed by atoms with E-state index in [9.17, 15) is 13.5 Å². The molecule has 6 rings (SSSR count). The Kier molecular flexibility index (Phi) is 10.9. The van der Waals surface area contributed by atoms with Crippen molar-refractivity contribution in [2.45, 2.75) is 93.8 Å². The number of hydrogen-bond donors (Lipinski definition) is 1. The molecule has 6 aromatic rings. The van der Waals surface area contributed by atoms with Gasteiger partial charge in [-0.15, -0.1) is 0 Å². The van der Waals surface area contributed by atoms with Crippen molar-refractivity contribution >= 4 is 9.84 Å². The lowest BCUT2D eigenvalue weighted by Crippen LogP contribution is -2.21. The number of ether oxygens (including phenoxy) is 1. The van der Waals surface area contributed by atoms with Crippen molar-refractivity contribution in [1.82, 2.24) is 0 Å². The third-order valence-corrected chi connectivity index (χ3v) is 13.5. The lowest BCUT2D eigenvalue weighted by molar-refractivity contribution is 0.438. The molecule has 0 amide bonds. The van der Waals surface area contributed by atoms with Crippen LogP contribution in [0.15, 0.2) is 155 Å². The summed E-state index contributed by atoms with van der Waals surface area (Å²) in [6.07, 6.45) is 3.15. The minimum atomic E-state index is -3.70. The highest BCUT2D eigenvalue weighted by atomic mass is 32.2. The predicted molar refractivity (Wildman–Crippen MR) is 221 cm³/mol. The summed E-state index contributed by atoms with van der Waals surface area (Å²) in [5, 5.41) is 9.51. The topological polar surface area (TPSA) is 63.6 Å². The van der Waals surface area contributed by atoms with Crippen molar-refractivity contribution in [3.05, 3.63) is 185 Å². The van der Waals surface area contributed by atoms with Crippen molar-refractivity contribution in [1.29, 1.82) is 0 Å². The minimum Gasteiger partial charge on any atom is -0.508 e. The van der Waals surface area contributed by atoms with Gasteiger partial charge in [-0.25, -0.2) is 8.42 Å². The number of benzene rings is 6. The quantitative estimate of drug-likeness (QED) is 0.128. The highest BCUT2D eigenvalue weighted by molar-refractivity contribution is 7.91. The van der Waals surface area contributed by atoms with Crippen LogP contribution < -0.4 is 4.74 Å². The number of rotatable bonds is 13. The summed E-state index contributed by atoms with van der Waals surface area (Å²) in [6, 6.07) is 47.3. The monoisotopic (exact) mass is 736 g/mol. The van der Waals surface area contributed by atoms with Crippen molar-refractivity contribution in [3.8, 4) is 17.2 Å². The molecule has 0 heterocycles. The summed E-state index contributed by atoms with van der Waals surface area (Å²) in [7, 11) is -3.70. The van der Waals surface area contributed by atoms with Crippen LogP contribution in [0.3, 0.4) is 0 Å². The Labute approximate surface area is 322 Å². The van der Waals surface area contributed by atoms with E-state index in [2.05, 4.69) is 133 Å². The average Bonchev–Trinajstić information content (AvgIpc) is 3.18. The van der Waals surface area contributed by atoms with Gasteiger partial charge in [-0.05, 0) is 124 Å². The second-order valence-electron chi connectivity index (χ2n) is 15.8. The fourth-order valence-corrected chi connectivity index (χ4v) is 8.38. The molecule has 0 aliphatic rings. The van der Waals surface area contributed by atoms with E-state index in [1.165, 1.54) is 69.8 Å². The Morgan fingerprint density at radius 1 is 0.463 bits per heavy atom. The maximum Gasteiger partial charge on any atom is 0.206 e. The molecule has 6 aromatic carbocycles. The van der Waals surface area contributed by atoms with E-state index in [4.69, 9.17) is 4.74 Å². The van der Waals surface area contributed by atoms with E-state index in [0.29, 0.717) is 11.5 Å². The molecule has 0 fully saturated rings. The largest absolute Gasteiger partial charge is 0.508 e. The highest BCUT2D eigenvalue weighted by Gasteiger charge is 2.27. The summed E-state index contributed by atoms with van der Waals surface area (Å²) in [5.41, 5.74) is 8.95. The Morgan fingerprint density at radius 2 is 0.778 bits per heavy atom. The lowest BCUT2D eigenvalue weighted by Gasteiger charge is -2.30. The van der Waals surface area contributed by atoms with Crippen molar-refractivity contribution in [2.75, 3.05) is 0 Å². The Bertz CT molecular complexity index is 2260. The Hall–Kier alpha value is -5.13. The van der Waals surface area contributed by atoms with E-state index in [-0.39, 0.29) is 31.8 Å². The molecule has 0 atom stereocenters. The van der Waals surface area contributed by atoms with Gasteiger partial charge >= 0.3 is 0 Å². The fourth-order valence-electron chi connectivity index (χ4n) is 7.12. The van der Waals surface area contributed by atoms with Gasteiger partial charge in [-0.1, -0.05) is 133 Å². The second-order valence-corrected chi connectivity index (χ2v) is 17.7. The average molecular weight is 737 g/mol. The molecule has 0 saturated carbocycles. The zero-order valence-electron chi connectivity index (χ0n) is 32.6. The molecule has 0 bridgehead atoms. The van der Waals surface area contributed by atoms with Crippen molar-refractivity contribution < 1.29 is 18.3 Å². The highest BCUT2D eigenvalue weighted by Crippen LogP contribution is 2.37. The molecule has 0 aromatic heterocycles. The summed E-state index contributed by atoms with van der Waals surface area (Å²) < 4.78 is 32.0. The van der Waals surface area contributed by atoms with E-state index in [0.717, 1.165) is 24.8 Å². The van der Waals surface area contributed by atoms with Crippen LogP contribution in [0.2, 0.25) is 0 Å². The Morgan fingerprint density at radius 3 is 1.17 bits per heavy atom. The van der Waals surface area contributed by atoms with Gasteiger partial charge in [-0.3, -0.25) is 0 Å². The number of hydrogen-bond acceptors (Lipinski definition) is 4. The molecule has 1 N–H and O–H groups in total. The fraction of sp³-hybridized carbons (Fsp3) is 0.265. The second kappa shape index (κ2) is 15.3. The molecule has 0 saturated heterocycles. The molecule has 0 unspecified atom stereocenters. The zero-order valence-corrected chi connectivity index (χ0v) is 33.4. The van der Waals surface area contributed by atoms with Gasteiger partial charge in [0, 0.05) is 10.8 Å². The predicted octanol–water partition coefficient (Wildman–Crippen LogP) is 12.3. The first-order chi connectivity index (χ1) is 25.7. The molecular formula is C49H52O4S. The first-order valence-electron chi connectivity index (χ1n) is 18.9. The Balaban J connectivity index is 1.07. The minimum absolute atomic E-state index is 0.0158. The zero-order chi connectivity index (χ0) is 38.7. The molecule has 0 aliphatic heterocycles. The van der Waals surface area contributed by atoms with E-state index >= 15 is 0 Å². The summed E-state index contributed by atoms with van der Waals surface area (Å²) in [5.74, 6) is 1.22. The third-order valence-electron chi connectivity index (χ3n) is 11.7. The maximum atomic E-state index is 13.0. The SMILES string of the molecule is CCC(C)(CC)c1ccc(C(C)(C)c2ccc(Cc3ccc(C(C)(C)c4ccc(Oc5ccc(S(=O)(=O)c6ccc(O)cc6)cc5)cc4)cc3)cc2)cc1. The molecule has 54 heavy (non-hydrogen) atoms. The standard InChI is InChI=1S/C49H52O4S/c1-8-49(7,9-2)41-20-18-39(19-21-41)47(3,4)37-14-10-35(11-15-37)34-36-12-16-38(17-13-36)48(5,6)40-22-26-43(27-23-40)53-44-28-32-46(33-29-44)54(51,52)45-30-24-42(50)25-31-45/h10-33,50H,8-9,34H2,1-7H3. The maximum absolute atomic E-state index is 13.0. The van der Waals surface area contributed by atoms with Crippen LogP contribution >= 0.6 is 0 Å². The molecular weight excluding hydrogens is 685 g/mol. The van der Waals surface area contributed by atoms with Crippen LogP contribution in [0.5, 0.6) is 17.2 Å². The molecule has 4 nitrogen and oxygen atoms in total. The van der Waals surface area contributed by atoms with Gasteiger partial charge < -0.3 is 9.84 Å². The van der Waals surface area contributed by atoms with Crippen molar-refractivity contribution in [2.24, 2.45) is 0 Å². The van der Waals surface area contributed by atoms with Crippen LogP contribution in [-0.2, 0) is 32.5 Å². The van der Waals surface area contributed by atoms with Crippen LogP contribution in [0, 0.1) is 0 Å². The number of aromatic hydroxyl groups is 1. The molecule has 0 aliphatic carbocycles. The summed E-state index contributed by atoms with van der Waals surface area (Å²) in [6.45, 7) is 16.0. The molecule has 0 radical (unpaired) electrons. The summed E-state index contributed by atoms with van der Waals surface area (Å²) >= 11 is 0. The van der Waals surface area contributed by atoms with Gasteiger partial charge in [-0.2, -0.15) is 0 Å². The summed E-state index contributed by atoms with van der Waals surface area (Å²) in [4.78, 5) is 0.278. The van der Waals surface area contributed by atoms with Gasteiger partial charge in [0.25, 0.3) is 0 Å². The molecule has 0 spiro atoms. The van der Waals surface area contributed by atoms with E-state index < -0.39 is 9.84 Å². The van der Waals surface area contributed by atoms with Crippen LogP contribution in [0.25, 0.3) is 0 Å². The first-order valence-corrected chi connectivity index (χ1v) is 20.4. The first kappa shape index (κ1) is 38.6. The number of phenols is 1. The van der Waals surface area contributed by atoms with Crippen LogP contribution in [0.4, 0.5) is 0 Å². The smallest absolute Gasteiger partial charge is 0.206 e. The van der Waals surface area contributed by atoms with Gasteiger partial charge in [0.05, 0.1) is 9.79 Å². The number of sulfone groups is 1. The van der Waals surface area contributed by atoms with Gasteiger partial charge in [0.1, 0.15) is 17.2 Å². The van der Waals surface area contributed by atoms with Gasteiger partial charge in [0.2, 0.25) is 9.84 Å². The van der Waals surface area contributed by atoms with E-state index in [1.54, 1.807) is 12.1 Å². The van der Waals surface area contributed by atoms with Crippen molar-refractivity contribution in [3.63, 3.8) is 0 Å². The molecule has 278 valence electrons. The van der Waals surface area contributed by atoms with Crippen LogP contribution in [-0.4, -0.2) is 13.5 Å². The normalized spacial score (nSPS) is 12.4. The van der Waals surface area contributed by atoms with E-state index in [1.807, 2.05) is 12.1 Å². The lowest BCUT2D eigenvalue weighted by atomic mass is 9.74. The number of phenolic OH excluding ortho intramolecular Hbond substituents is 1. The van der Waals surface area contributed by atoms with Crippen LogP contribution in [0.1, 0.15) is 100 Å². The van der Waals surface area contributed by atoms with Gasteiger partial charge in [0.15, 0.2) is 0 Å².